The average molecular weight is 345 g/mol. The Labute approximate surface area is 152 Å². The maximum atomic E-state index is 6.04. The Hall–Kier alpha value is -2.84. The molecule has 0 radical (unpaired) electrons. The third-order valence-electron chi connectivity index (χ3n) is 4.12. The lowest BCUT2D eigenvalue weighted by molar-refractivity contribution is 1.07. The van der Waals surface area contributed by atoms with Gasteiger partial charge in [0.25, 0.3) is 0 Å². The summed E-state index contributed by atoms with van der Waals surface area (Å²) >= 11 is 6.04. The van der Waals surface area contributed by atoms with Crippen LogP contribution in [0.5, 0.6) is 0 Å². The molecule has 0 unspecified atom stereocenters. The van der Waals surface area contributed by atoms with Gasteiger partial charge in [0.15, 0.2) is 0 Å². The number of hydrogen-bond acceptors (Lipinski definition) is 1. The van der Waals surface area contributed by atoms with Crippen LogP contribution in [-0.4, -0.2) is 9.55 Å². The molecule has 0 fully saturated rings. The Bertz CT molecular complexity index is 958. The third-order valence-corrected chi connectivity index (χ3v) is 4.37. The summed E-state index contributed by atoms with van der Waals surface area (Å²) in [6.45, 7) is 0. The molecule has 1 aromatic heterocycles. The average Bonchev–Trinajstić information content (AvgIpc) is 3.08. The van der Waals surface area contributed by atoms with Crippen molar-refractivity contribution in [2.45, 2.75) is 6.42 Å². The van der Waals surface area contributed by atoms with Gasteiger partial charge in [0.05, 0.1) is 5.69 Å². The molecule has 0 aliphatic carbocycles. The summed E-state index contributed by atoms with van der Waals surface area (Å²) in [5.41, 5.74) is 4.44. The molecule has 0 N–H and O–H groups in total. The van der Waals surface area contributed by atoms with E-state index in [9.17, 15) is 0 Å². The SMILES string of the molecule is Clc1ccc(-n2cc(Cc3ccccc3)nc2-c2ccccc2)cc1. The fourth-order valence-corrected chi connectivity index (χ4v) is 3.03. The van der Waals surface area contributed by atoms with Crippen molar-refractivity contribution in [2.75, 3.05) is 0 Å². The summed E-state index contributed by atoms with van der Waals surface area (Å²) < 4.78 is 2.13. The monoisotopic (exact) mass is 344 g/mol. The highest BCUT2D eigenvalue weighted by molar-refractivity contribution is 6.30. The Morgan fingerprint density at radius 1 is 0.760 bits per heavy atom. The zero-order valence-electron chi connectivity index (χ0n) is 13.6. The molecular weight excluding hydrogens is 328 g/mol. The number of halogens is 1. The summed E-state index contributed by atoms with van der Waals surface area (Å²) in [5.74, 6) is 0.939. The van der Waals surface area contributed by atoms with E-state index in [1.165, 1.54) is 5.56 Å². The fourth-order valence-electron chi connectivity index (χ4n) is 2.91. The zero-order chi connectivity index (χ0) is 17.1. The second kappa shape index (κ2) is 6.96. The Kier molecular flexibility index (Phi) is 4.36. The van der Waals surface area contributed by atoms with E-state index in [4.69, 9.17) is 16.6 Å². The number of hydrogen-bond donors (Lipinski definition) is 0. The zero-order valence-corrected chi connectivity index (χ0v) is 14.4. The topological polar surface area (TPSA) is 17.8 Å². The molecule has 3 aromatic carbocycles. The van der Waals surface area contributed by atoms with Crippen molar-refractivity contribution in [1.29, 1.82) is 0 Å². The number of benzene rings is 3. The Morgan fingerprint density at radius 2 is 1.40 bits per heavy atom. The van der Waals surface area contributed by atoms with E-state index in [1.807, 2.05) is 48.5 Å². The Morgan fingerprint density at radius 3 is 2.08 bits per heavy atom. The van der Waals surface area contributed by atoms with Crippen LogP contribution in [-0.2, 0) is 6.42 Å². The molecule has 0 saturated carbocycles. The predicted octanol–water partition coefficient (Wildman–Crippen LogP) is 5.78. The second-order valence-corrected chi connectivity index (χ2v) is 6.37. The van der Waals surface area contributed by atoms with E-state index in [1.54, 1.807) is 0 Å². The lowest BCUT2D eigenvalue weighted by Gasteiger charge is -2.07. The molecule has 4 aromatic rings. The van der Waals surface area contributed by atoms with Crippen molar-refractivity contribution in [2.24, 2.45) is 0 Å². The van der Waals surface area contributed by atoms with E-state index in [-0.39, 0.29) is 0 Å². The van der Waals surface area contributed by atoms with Crippen LogP contribution in [0.3, 0.4) is 0 Å². The summed E-state index contributed by atoms with van der Waals surface area (Å²) in [4.78, 5) is 4.90. The van der Waals surface area contributed by atoms with Crippen LogP contribution in [0.1, 0.15) is 11.3 Å². The molecule has 0 amide bonds. The first kappa shape index (κ1) is 15.7. The third kappa shape index (κ3) is 3.49. The first-order valence-electron chi connectivity index (χ1n) is 8.23. The van der Waals surface area contributed by atoms with Crippen molar-refractivity contribution in [3.8, 4) is 17.1 Å². The van der Waals surface area contributed by atoms with E-state index in [0.29, 0.717) is 0 Å². The number of rotatable bonds is 4. The van der Waals surface area contributed by atoms with Gasteiger partial charge in [-0.25, -0.2) is 4.98 Å². The van der Waals surface area contributed by atoms with Crippen molar-refractivity contribution in [1.82, 2.24) is 9.55 Å². The van der Waals surface area contributed by atoms with Crippen LogP contribution in [0.2, 0.25) is 5.02 Å². The van der Waals surface area contributed by atoms with Gasteiger partial charge in [-0.15, -0.1) is 0 Å². The van der Waals surface area contributed by atoms with Crippen molar-refractivity contribution >= 4 is 11.6 Å². The van der Waals surface area contributed by atoms with Gasteiger partial charge in [0.2, 0.25) is 0 Å². The highest BCUT2D eigenvalue weighted by Gasteiger charge is 2.12. The van der Waals surface area contributed by atoms with Crippen LogP contribution >= 0.6 is 11.6 Å². The summed E-state index contributed by atoms with van der Waals surface area (Å²) in [6, 6.07) is 28.5. The fraction of sp³-hybridized carbons (Fsp3) is 0.0455. The maximum Gasteiger partial charge on any atom is 0.144 e. The molecular formula is C22H17ClN2. The quantitative estimate of drug-likeness (QED) is 0.458. The molecule has 0 saturated heterocycles. The number of imidazole rings is 1. The van der Waals surface area contributed by atoms with Crippen LogP contribution in [0, 0.1) is 0 Å². The molecule has 0 spiro atoms. The first-order valence-corrected chi connectivity index (χ1v) is 8.61. The van der Waals surface area contributed by atoms with Gasteiger partial charge in [0, 0.05) is 28.9 Å². The van der Waals surface area contributed by atoms with Crippen LogP contribution in [0.4, 0.5) is 0 Å². The van der Waals surface area contributed by atoms with Crippen LogP contribution in [0.15, 0.2) is 91.1 Å². The Balaban J connectivity index is 1.79. The minimum atomic E-state index is 0.731. The maximum absolute atomic E-state index is 6.04. The van der Waals surface area contributed by atoms with Gasteiger partial charge in [-0.2, -0.15) is 0 Å². The van der Waals surface area contributed by atoms with E-state index in [2.05, 4.69) is 47.2 Å². The highest BCUT2D eigenvalue weighted by atomic mass is 35.5. The molecule has 0 aliphatic heterocycles. The van der Waals surface area contributed by atoms with Gasteiger partial charge in [0.1, 0.15) is 5.82 Å². The van der Waals surface area contributed by atoms with E-state index >= 15 is 0 Å². The minimum absolute atomic E-state index is 0.731. The smallest absolute Gasteiger partial charge is 0.144 e. The summed E-state index contributed by atoms with van der Waals surface area (Å²) in [6.07, 6.45) is 2.92. The van der Waals surface area contributed by atoms with E-state index in [0.717, 1.165) is 34.2 Å². The minimum Gasteiger partial charge on any atom is -0.300 e. The molecule has 25 heavy (non-hydrogen) atoms. The van der Waals surface area contributed by atoms with Crippen molar-refractivity contribution < 1.29 is 0 Å². The van der Waals surface area contributed by atoms with Gasteiger partial charge in [-0.1, -0.05) is 72.3 Å². The highest BCUT2D eigenvalue weighted by Crippen LogP contribution is 2.25. The largest absolute Gasteiger partial charge is 0.300 e. The second-order valence-electron chi connectivity index (χ2n) is 5.93. The molecule has 0 aliphatic rings. The molecule has 122 valence electrons. The summed E-state index contributed by atoms with van der Waals surface area (Å²) in [5, 5.41) is 0.731. The van der Waals surface area contributed by atoms with Gasteiger partial charge < -0.3 is 0 Å². The molecule has 1 heterocycles. The molecule has 4 rings (SSSR count). The van der Waals surface area contributed by atoms with Crippen LogP contribution in [0.25, 0.3) is 17.1 Å². The number of aromatic nitrogens is 2. The summed E-state index contributed by atoms with van der Waals surface area (Å²) in [7, 11) is 0. The normalized spacial score (nSPS) is 10.8. The lowest BCUT2D eigenvalue weighted by Crippen LogP contribution is -1.95. The molecule has 0 atom stereocenters. The van der Waals surface area contributed by atoms with E-state index < -0.39 is 0 Å². The predicted molar refractivity (Wildman–Crippen MR) is 103 cm³/mol. The molecule has 3 heteroatoms. The van der Waals surface area contributed by atoms with Gasteiger partial charge in [-0.05, 0) is 29.8 Å². The van der Waals surface area contributed by atoms with Gasteiger partial charge >= 0.3 is 0 Å². The van der Waals surface area contributed by atoms with Crippen molar-refractivity contribution in [3.05, 3.63) is 107 Å². The van der Waals surface area contributed by atoms with Gasteiger partial charge in [-0.3, -0.25) is 4.57 Å². The number of nitrogens with zero attached hydrogens (tertiary/aromatic N) is 2. The molecule has 2 nitrogen and oxygen atoms in total. The first-order chi connectivity index (χ1) is 12.3. The molecule has 0 bridgehead atoms. The lowest BCUT2D eigenvalue weighted by atomic mass is 10.1. The van der Waals surface area contributed by atoms with Crippen molar-refractivity contribution in [3.63, 3.8) is 0 Å². The standard InChI is InChI=1S/C22H17ClN2/c23-19-11-13-21(14-12-19)25-16-20(15-17-7-3-1-4-8-17)24-22(25)18-9-5-2-6-10-18/h1-14,16H,15H2. The van der Waals surface area contributed by atoms with Crippen LogP contribution < -0.4 is 0 Å².